The van der Waals surface area contributed by atoms with Gasteiger partial charge in [-0.1, -0.05) is 30.3 Å². The Labute approximate surface area is 191 Å². The molecule has 0 saturated carbocycles. The second kappa shape index (κ2) is 13.1. The van der Waals surface area contributed by atoms with Gasteiger partial charge in [0.1, 0.15) is 12.1 Å². The lowest BCUT2D eigenvalue weighted by atomic mass is 10.0. The lowest BCUT2D eigenvalue weighted by molar-refractivity contribution is -0.145. The highest BCUT2D eigenvalue weighted by molar-refractivity contribution is 5.94. The number of primary amides is 1. The van der Waals surface area contributed by atoms with Gasteiger partial charge in [0.15, 0.2) is 6.04 Å². The molecule has 0 bridgehead atoms. The second-order valence-electron chi connectivity index (χ2n) is 7.67. The number of carbonyl (C=O) groups is 5. The van der Waals surface area contributed by atoms with Gasteiger partial charge >= 0.3 is 5.97 Å². The Hall–Kier alpha value is -3.51. The van der Waals surface area contributed by atoms with Crippen LogP contribution in [0, 0.1) is 0 Å². The van der Waals surface area contributed by atoms with E-state index in [9.17, 15) is 34.2 Å². The third kappa shape index (κ3) is 9.66. The van der Waals surface area contributed by atoms with Gasteiger partial charge in [0.25, 0.3) is 0 Å². The van der Waals surface area contributed by atoms with Crippen molar-refractivity contribution in [3.8, 4) is 0 Å². The number of carbonyl (C=O) groups excluding carboxylic acids is 4. The van der Waals surface area contributed by atoms with E-state index in [4.69, 9.17) is 11.5 Å². The van der Waals surface area contributed by atoms with Crippen LogP contribution >= 0.6 is 0 Å². The Balaban J connectivity index is 3.11. The lowest BCUT2D eigenvalue weighted by Crippen LogP contribution is -2.58. The number of aliphatic hydroxyl groups is 1. The van der Waals surface area contributed by atoms with E-state index in [1.54, 1.807) is 30.3 Å². The Morgan fingerprint density at radius 3 is 1.94 bits per heavy atom. The van der Waals surface area contributed by atoms with Gasteiger partial charge < -0.3 is 37.6 Å². The van der Waals surface area contributed by atoms with Crippen molar-refractivity contribution in [2.75, 3.05) is 0 Å². The van der Waals surface area contributed by atoms with Crippen LogP contribution in [0.15, 0.2) is 30.3 Å². The number of carboxylic acids is 1. The predicted molar refractivity (Wildman–Crippen MR) is 117 cm³/mol. The second-order valence-corrected chi connectivity index (χ2v) is 7.67. The summed E-state index contributed by atoms with van der Waals surface area (Å²) < 4.78 is 0. The third-order valence-electron chi connectivity index (χ3n) is 4.69. The van der Waals surface area contributed by atoms with Crippen molar-refractivity contribution in [3.63, 3.8) is 0 Å². The highest BCUT2D eigenvalue weighted by atomic mass is 16.4. The molecule has 0 fully saturated rings. The molecule has 0 saturated heterocycles. The van der Waals surface area contributed by atoms with E-state index in [-0.39, 0.29) is 19.3 Å². The number of benzene rings is 1. The SMILES string of the molecule is CC(N)C(=O)NC(CCC(N)=O)C(=O)NC(Cc1ccccc1)C(=O)NC(C(=O)O)C(C)O. The molecule has 12 heteroatoms. The third-order valence-corrected chi connectivity index (χ3v) is 4.69. The van der Waals surface area contributed by atoms with Crippen molar-refractivity contribution < 1.29 is 34.2 Å². The summed E-state index contributed by atoms with van der Waals surface area (Å²) >= 11 is 0. The summed E-state index contributed by atoms with van der Waals surface area (Å²) in [4.78, 5) is 60.3. The fraction of sp³-hybridized carbons (Fsp3) is 0.476. The molecule has 1 rings (SSSR count). The average molecular weight is 466 g/mol. The number of hydrogen-bond acceptors (Lipinski definition) is 7. The van der Waals surface area contributed by atoms with Crippen molar-refractivity contribution in [1.82, 2.24) is 16.0 Å². The van der Waals surface area contributed by atoms with Crippen LogP contribution in [-0.2, 0) is 30.4 Å². The number of carboxylic acid groups (broad SMARTS) is 1. The van der Waals surface area contributed by atoms with Crippen molar-refractivity contribution in [2.24, 2.45) is 11.5 Å². The smallest absolute Gasteiger partial charge is 0.328 e. The largest absolute Gasteiger partial charge is 0.480 e. The van der Waals surface area contributed by atoms with Gasteiger partial charge in [0.05, 0.1) is 12.1 Å². The number of amides is 4. The van der Waals surface area contributed by atoms with Crippen molar-refractivity contribution in [1.29, 1.82) is 0 Å². The van der Waals surface area contributed by atoms with E-state index in [0.717, 1.165) is 0 Å². The summed E-state index contributed by atoms with van der Waals surface area (Å²) in [6.45, 7) is 2.61. The van der Waals surface area contributed by atoms with Crippen molar-refractivity contribution in [3.05, 3.63) is 35.9 Å². The van der Waals surface area contributed by atoms with E-state index < -0.39 is 59.9 Å². The zero-order valence-electron chi connectivity index (χ0n) is 18.5. The van der Waals surface area contributed by atoms with Crippen LogP contribution < -0.4 is 27.4 Å². The van der Waals surface area contributed by atoms with Gasteiger partial charge in [-0.3, -0.25) is 19.2 Å². The van der Waals surface area contributed by atoms with Gasteiger partial charge in [-0.05, 0) is 25.8 Å². The van der Waals surface area contributed by atoms with Crippen LogP contribution in [0.25, 0.3) is 0 Å². The fourth-order valence-corrected chi connectivity index (χ4v) is 2.83. The maximum Gasteiger partial charge on any atom is 0.328 e. The molecule has 33 heavy (non-hydrogen) atoms. The minimum atomic E-state index is -1.60. The number of rotatable bonds is 13. The minimum Gasteiger partial charge on any atom is -0.480 e. The molecule has 0 spiro atoms. The molecule has 12 nitrogen and oxygen atoms in total. The standard InChI is InChI=1S/C21H31N5O7/c1-11(22)18(29)24-14(8-9-16(23)28)19(30)25-15(10-13-6-4-3-5-7-13)20(31)26-17(12(2)27)21(32)33/h3-7,11-12,14-15,17,27H,8-10,22H2,1-2H3,(H2,23,28)(H,24,29)(H,25,30)(H,26,31)(H,32,33). The molecule has 4 amide bonds. The zero-order valence-corrected chi connectivity index (χ0v) is 18.5. The molecule has 0 radical (unpaired) electrons. The predicted octanol–water partition coefficient (Wildman–Crippen LogP) is -2.24. The summed E-state index contributed by atoms with van der Waals surface area (Å²) in [5, 5.41) is 26.0. The van der Waals surface area contributed by atoms with Gasteiger partial charge in [0, 0.05) is 12.8 Å². The van der Waals surface area contributed by atoms with Gasteiger partial charge in [-0.2, -0.15) is 0 Å². The Morgan fingerprint density at radius 1 is 0.909 bits per heavy atom. The first-order valence-corrected chi connectivity index (χ1v) is 10.3. The highest BCUT2D eigenvalue weighted by Crippen LogP contribution is 2.07. The molecule has 182 valence electrons. The first-order chi connectivity index (χ1) is 15.4. The molecular weight excluding hydrogens is 434 g/mol. The first-order valence-electron chi connectivity index (χ1n) is 10.3. The van der Waals surface area contributed by atoms with Crippen LogP contribution in [-0.4, -0.2) is 70.1 Å². The van der Waals surface area contributed by atoms with E-state index in [1.165, 1.54) is 13.8 Å². The molecule has 5 atom stereocenters. The van der Waals surface area contributed by atoms with E-state index in [2.05, 4.69) is 16.0 Å². The molecule has 0 aliphatic heterocycles. The van der Waals surface area contributed by atoms with Crippen molar-refractivity contribution >= 4 is 29.6 Å². The number of aliphatic hydroxyl groups excluding tert-OH is 1. The first kappa shape index (κ1) is 27.5. The highest BCUT2D eigenvalue weighted by Gasteiger charge is 2.31. The zero-order chi connectivity index (χ0) is 25.1. The van der Waals surface area contributed by atoms with Crippen LogP contribution in [0.4, 0.5) is 0 Å². The topological polar surface area (TPSA) is 214 Å². The molecule has 0 aliphatic carbocycles. The van der Waals surface area contributed by atoms with E-state index in [0.29, 0.717) is 5.56 Å². The average Bonchev–Trinajstić information content (AvgIpc) is 2.73. The molecule has 0 aliphatic rings. The molecule has 1 aromatic carbocycles. The van der Waals surface area contributed by atoms with E-state index >= 15 is 0 Å². The monoisotopic (exact) mass is 465 g/mol. The lowest BCUT2D eigenvalue weighted by Gasteiger charge is -2.25. The minimum absolute atomic E-state index is 0.00562. The summed E-state index contributed by atoms with van der Waals surface area (Å²) in [7, 11) is 0. The van der Waals surface area contributed by atoms with Gasteiger partial charge in [0.2, 0.25) is 23.6 Å². The van der Waals surface area contributed by atoms with Gasteiger partial charge in [-0.15, -0.1) is 0 Å². The quantitative estimate of drug-likeness (QED) is 0.169. The fourth-order valence-electron chi connectivity index (χ4n) is 2.83. The van der Waals surface area contributed by atoms with Crippen LogP contribution in [0.1, 0.15) is 32.3 Å². The summed E-state index contributed by atoms with van der Waals surface area (Å²) in [5.74, 6) is -4.43. The van der Waals surface area contributed by atoms with Crippen LogP contribution in [0.2, 0.25) is 0 Å². The summed E-state index contributed by atoms with van der Waals surface area (Å²) in [6.07, 6.45) is -1.75. The molecule has 9 N–H and O–H groups in total. The molecule has 5 unspecified atom stereocenters. The van der Waals surface area contributed by atoms with Crippen LogP contribution in [0.5, 0.6) is 0 Å². The van der Waals surface area contributed by atoms with Gasteiger partial charge in [-0.25, -0.2) is 4.79 Å². The molecule has 1 aromatic rings. The van der Waals surface area contributed by atoms with Crippen molar-refractivity contribution in [2.45, 2.75) is 63.4 Å². The Kier molecular flexibility index (Phi) is 11.0. The normalized spacial score (nSPS) is 15.3. The van der Waals surface area contributed by atoms with Crippen LogP contribution in [0.3, 0.4) is 0 Å². The number of nitrogens with two attached hydrogens (primary N) is 2. The van der Waals surface area contributed by atoms with E-state index in [1.807, 2.05) is 0 Å². The summed E-state index contributed by atoms with van der Waals surface area (Å²) in [6, 6.07) is 3.62. The Morgan fingerprint density at radius 2 is 1.45 bits per heavy atom. The molecular formula is C21H31N5O7. The molecule has 0 heterocycles. The maximum absolute atomic E-state index is 12.9. The number of hydrogen-bond donors (Lipinski definition) is 7. The number of aliphatic carboxylic acids is 1. The Bertz CT molecular complexity index is 845. The molecule has 0 aromatic heterocycles. The maximum atomic E-state index is 12.9. The number of nitrogens with one attached hydrogen (secondary N) is 3. The summed E-state index contributed by atoms with van der Waals surface area (Å²) in [5.41, 5.74) is 11.3.